The summed E-state index contributed by atoms with van der Waals surface area (Å²) in [5.74, 6) is -0.0918. The zero-order valence-electron chi connectivity index (χ0n) is 9.53. The van der Waals surface area contributed by atoms with Crippen LogP contribution in [0.3, 0.4) is 0 Å². The second kappa shape index (κ2) is 4.77. The van der Waals surface area contributed by atoms with Gasteiger partial charge < -0.3 is 10.1 Å². The number of amides is 1. The highest BCUT2D eigenvalue weighted by atomic mass is 32.1. The fraction of sp³-hybridized carbons (Fsp3) is 0.545. The van der Waals surface area contributed by atoms with E-state index in [1.807, 2.05) is 24.4 Å². The van der Waals surface area contributed by atoms with Crippen molar-refractivity contribution in [2.24, 2.45) is 0 Å². The van der Waals surface area contributed by atoms with E-state index >= 15 is 0 Å². The summed E-state index contributed by atoms with van der Waals surface area (Å²) < 4.78 is 5.11. The molecule has 3 nitrogen and oxygen atoms in total. The smallest absolute Gasteiger partial charge is 0.252 e. The minimum Gasteiger partial charge on any atom is -0.369 e. The third kappa shape index (κ3) is 3.04. The second-order valence-electron chi connectivity index (χ2n) is 3.93. The summed E-state index contributed by atoms with van der Waals surface area (Å²) >= 11 is 1.64. The molecule has 15 heavy (non-hydrogen) atoms. The molecule has 0 spiro atoms. The minimum absolute atomic E-state index is 0.0342. The normalized spacial score (nSPS) is 13.6. The van der Waals surface area contributed by atoms with E-state index in [0.29, 0.717) is 0 Å². The quantitative estimate of drug-likeness (QED) is 0.857. The summed E-state index contributed by atoms with van der Waals surface area (Å²) in [6.07, 6.45) is 0. The van der Waals surface area contributed by atoms with Gasteiger partial charge in [0.15, 0.2) is 0 Å². The molecule has 84 valence electrons. The van der Waals surface area contributed by atoms with E-state index in [1.54, 1.807) is 25.2 Å². The molecule has 0 unspecified atom stereocenters. The summed E-state index contributed by atoms with van der Waals surface area (Å²) in [6, 6.07) is 4.02. The molecule has 1 N–H and O–H groups in total. The van der Waals surface area contributed by atoms with Gasteiger partial charge in [0.25, 0.3) is 5.91 Å². The van der Waals surface area contributed by atoms with E-state index < -0.39 is 5.60 Å². The average molecular weight is 227 g/mol. The second-order valence-corrected chi connectivity index (χ2v) is 4.90. The molecule has 1 atom stereocenters. The van der Waals surface area contributed by atoms with Gasteiger partial charge in [-0.05, 0) is 32.2 Å². The first-order valence-corrected chi connectivity index (χ1v) is 5.75. The Morgan fingerprint density at radius 3 is 2.73 bits per heavy atom. The number of hydrogen-bond acceptors (Lipinski definition) is 3. The Bertz CT molecular complexity index is 319. The summed E-state index contributed by atoms with van der Waals surface area (Å²) in [6.45, 7) is 5.47. The first kappa shape index (κ1) is 12.2. The van der Waals surface area contributed by atoms with Gasteiger partial charge in [-0.2, -0.15) is 0 Å². The van der Waals surface area contributed by atoms with Gasteiger partial charge in [0.1, 0.15) is 5.60 Å². The molecule has 0 saturated heterocycles. The topological polar surface area (TPSA) is 38.3 Å². The highest BCUT2D eigenvalue weighted by Gasteiger charge is 2.28. The Balaban J connectivity index is 2.60. The van der Waals surface area contributed by atoms with Crippen molar-refractivity contribution in [3.63, 3.8) is 0 Å². The number of methoxy groups -OCH3 is 1. The van der Waals surface area contributed by atoms with Crippen LogP contribution in [0, 0.1) is 0 Å². The van der Waals surface area contributed by atoms with Crippen molar-refractivity contribution in [3.05, 3.63) is 22.4 Å². The standard InChI is InChI=1S/C11H17NO2S/c1-8(9-6-5-7-15-9)12-10(13)11(2,3)14-4/h5-8H,1-4H3,(H,12,13)/t8-/m1/s1. The Hall–Kier alpha value is -0.870. The number of nitrogens with one attached hydrogen (secondary N) is 1. The van der Waals surface area contributed by atoms with Crippen LogP contribution in [0.4, 0.5) is 0 Å². The van der Waals surface area contributed by atoms with Crippen molar-refractivity contribution in [1.29, 1.82) is 0 Å². The van der Waals surface area contributed by atoms with Gasteiger partial charge in [0.05, 0.1) is 6.04 Å². The predicted molar refractivity (Wildman–Crippen MR) is 62.0 cm³/mol. The zero-order valence-corrected chi connectivity index (χ0v) is 10.4. The molecule has 0 aliphatic rings. The van der Waals surface area contributed by atoms with Crippen LogP contribution < -0.4 is 5.32 Å². The minimum atomic E-state index is -0.772. The van der Waals surface area contributed by atoms with Gasteiger partial charge in [0.2, 0.25) is 0 Å². The van der Waals surface area contributed by atoms with Crippen LogP contribution in [0.1, 0.15) is 31.7 Å². The molecule has 0 aliphatic carbocycles. The van der Waals surface area contributed by atoms with Crippen LogP contribution in [0.25, 0.3) is 0 Å². The molecule has 1 aromatic rings. The van der Waals surface area contributed by atoms with Crippen molar-refractivity contribution in [2.45, 2.75) is 32.4 Å². The number of ether oxygens (including phenoxy) is 1. The number of rotatable bonds is 4. The van der Waals surface area contributed by atoms with Gasteiger partial charge >= 0.3 is 0 Å². The lowest BCUT2D eigenvalue weighted by Gasteiger charge is -2.24. The molecular weight excluding hydrogens is 210 g/mol. The molecule has 1 aromatic heterocycles. The van der Waals surface area contributed by atoms with E-state index in [-0.39, 0.29) is 11.9 Å². The number of thiophene rings is 1. The van der Waals surface area contributed by atoms with Crippen molar-refractivity contribution in [3.8, 4) is 0 Å². The van der Waals surface area contributed by atoms with E-state index in [9.17, 15) is 4.79 Å². The first-order valence-electron chi connectivity index (χ1n) is 4.87. The summed E-state index contributed by atoms with van der Waals surface area (Å²) in [4.78, 5) is 12.9. The lowest BCUT2D eigenvalue weighted by Crippen LogP contribution is -2.44. The highest BCUT2D eigenvalue weighted by molar-refractivity contribution is 7.10. The van der Waals surface area contributed by atoms with Crippen LogP contribution >= 0.6 is 11.3 Å². The van der Waals surface area contributed by atoms with E-state index in [4.69, 9.17) is 4.74 Å². The fourth-order valence-corrected chi connectivity index (χ4v) is 1.81. The Morgan fingerprint density at radius 2 is 2.27 bits per heavy atom. The maximum atomic E-state index is 11.8. The van der Waals surface area contributed by atoms with Crippen molar-refractivity contribution >= 4 is 17.2 Å². The van der Waals surface area contributed by atoms with Crippen molar-refractivity contribution in [2.75, 3.05) is 7.11 Å². The van der Waals surface area contributed by atoms with Gasteiger partial charge in [-0.25, -0.2) is 0 Å². The predicted octanol–water partition coefficient (Wildman–Crippen LogP) is 2.35. The van der Waals surface area contributed by atoms with E-state index in [0.717, 1.165) is 4.88 Å². The lowest BCUT2D eigenvalue weighted by molar-refractivity contribution is -0.140. The van der Waals surface area contributed by atoms with Crippen molar-refractivity contribution < 1.29 is 9.53 Å². The summed E-state index contributed by atoms with van der Waals surface area (Å²) in [7, 11) is 1.54. The maximum Gasteiger partial charge on any atom is 0.252 e. The Morgan fingerprint density at radius 1 is 1.60 bits per heavy atom. The third-order valence-electron chi connectivity index (χ3n) is 2.37. The fourth-order valence-electron chi connectivity index (χ4n) is 1.07. The van der Waals surface area contributed by atoms with Crippen LogP contribution in [0.15, 0.2) is 17.5 Å². The monoisotopic (exact) mass is 227 g/mol. The Kier molecular flexibility index (Phi) is 3.88. The number of carbonyl (C=O) groups is 1. The SMILES string of the molecule is COC(C)(C)C(=O)N[C@H](C)c1cccs1. The molecule has 0 aromatic carbocycles. The number of carbonyl (C=O) groups excluding carboxylic acids is 1. The van der Waals surface area contributed by atoms with Gasteiger partial charge in [-0.15, -0.1) is 11.3 Å². The first-order chi connectivity index (χ1) is 6.97. The van der Waals surface area contributed by atoms with Crippen molar-refractivity contribution in [1.82, 2.24) is 5.32 Å². The Labute approximate surface area is 94.5 Å². The van der Waals surface area contributed by atoms with Crippen LogP contribution in [-0.2, 0) is 9.53 Å². The summed E-state index contributed by atoms with van der Waals surface area (Å²) in [5, 5.41) is 4.92. The molecule has 0 saturated carbocycles. The molecule has 1 amide bonds. The van der Waals surface area contributed by atoms with Gasteiger partial charge in [-0.1, -0.05) is 6.07 Å². The third-order valence-corrected chi connectivity index (χ3v) is 3.43. The molecular formula is C11H17NO2S. The largest absolute Gasteiger partial charge is 0.369 e. The van der Waals surface area contributed by atoms with Gasteiger partial charge in [-0.3, -0.25) is 4.79 Å². The van der Waals surface area contributed by atoms with Crippen LogP contribution in [0.2, 0.25) is 0 Å². The average Bonchev–Trinajstić information content (AvgIpc) is 2.70. The number of hydrogen-bond donors (Lipinski definition) is 1. The van der Waals surface area contributed by atoms with E-state index in [2.05, 4.69) is 5.32 Å². The molecule has 1 heterocycles. The summed E-state index contributed by atoms with van der Waals surface area (Å²) in [5.41, 5.74) is -0.772. The molecule has 0 aliphatic heterocycles. The van der Waals surface area contributed by atoms with Crippen LogP contribution in [0.5, 0.6) is 0 Å². The zero-order chi connectivity index (χ0) is 11.5. The lowest BCUT2D eigenvalue weighted by atomic mass is 10.1. The molecule has 0 fully saturated rings. The highest BCUT2D eigenvalue weighted by Crippen LogP contribution is 2.19. The van der Waals surface area contributed by atoms with E-state index in [1.165, 1.54) is 7.11 Å². The molecule has 4 heteroatoms. The molecule has 0 radical (unpaired) electrons. The molecule has 1 rings (SSSR count). The molecule has 0 bridgehead atoms. The maximum absolute atomic E-state index is 11.8. The van der Waals surface area contributed by atoms with Gasteiger partial charge in [0, 0.05) is 12.0 Å². The van der Waals surface area contributed by atoms with Crippen LogP contribution in [-0.4, -0.2) is 18.6 Å².